The zero-order valence-electron chi connectivity index (χ0n) is 53.9. The Morgan fingerprint density at radius 2 is 1.79 bits per heavy atom. The maximum atomic E-state index is 18.1. The summed E-state index contributed by atoms with van der Waals surface area (Å²) in [6.07, 6.45) is 29.7. The fourth-order valence-corrected chi connectivity index (χ4v) is 30.5. The standard InChI is InChI=1S/C79H94N2O11/c1-42-54-13-6-11-45(54)22-27-72(42)25-8-26-75-61(72)33-53-32-52-12-7-24-73(52)36-50-35-71(2)77-51(20-17-49-39-88-60(62(49)77)34-56(59(83)38-82)47-18-21-55-48(31-47)23-28-81-41-80-37-58(55)81)19-16-46-15-14-44(29-43-9-4-3-5-10-43)30-57(46)76(79(71)68(90-79)70(87)91-77)64(50)74(65(75)63(84)67(76)85)40-89-69(86)66(73)78(53,74)92-75/h3-5,8-10,23,25,28,33,39,42,44-48,50-52,54-59,61,64-68,80,82-83,85H,6-7,11-15,17-18,20-22,24,26-27,29-32,34-38,40-41H2,1-2H3/t42-,44+,45+,46+,47-,48-,50+,51-,52-,54+,55+,56+,57-,58-,59-,61+,64-,65+,66+,67-,68-,71+,72-,73+,74-,75+,76+,77+,78+,79-/m1/s1. The van der Waals surface area contributed by atoms with Crippen molar-refractivity contribution in [2.24, 2.45) is 128 Å². The number of fused-ring (bicyclic) bond motifs is 7. The third kappa shape index (κ3) is 6.16. The number of carbonyl (C=O) groups excluding carboxylic acids is 3. The van der Waals surface area contributed by atoms with Crippen LogP contribution in [-0.4, -0.2) is 106 Å². The van der Waals surface area contributed by atoms with Crippen LogP contribution in [0.15, 0.2) is 77.1 Å². The number of epoxide rings is 1. The van der Waals surface area contributed by atoms with E-state index in [1.165, 1.54) is 30.4 Å². The van der Waals surface area contributed by atoms with Gasteiger partial charge in [0, 0.05) is 52.7 Å². The minimum absolute atomic E-state index is 0.0308. The topological polar surface area (TPSA) is 181 Å². The molecule has 4 N–H and O–H groups in total. The van der Waals surface area contributed by atoms with Crippen LogP contribution in [0.3, 0.4) is 0 Å². The largest absolute Gasteiger partial charge is 0.469 e. The lowest BCUT2D eigenvalue weighted by atomic mass is 9.28. The lowest BCUT2D eigenvalue weighted by Gasteiger charge is -2.74. The number of hydrogen-bond donors (Lipinski definition) is 4. The van der Waals surface area contributed by atoms with E-state index in [1.807, 2.05) is 6.26 Å². The molecule has 14 fully saturated rings. The number of Topliss-reactive ketones (excluding diaryl/α,β-unsaturated/α-hetero) is 1. The molecule has 0 unspecified atom stereocenters. The number of nitrogens with one attached hydrogen (secondary N) is 1. The van der Waals surface area contributed by atoms with Crippen molar-refractivity contribution in [2.45, 2.75) is 202 Å². The Morgan fingerprint density at radius 3 is 2.67 bits per heavy atom. The first-order valence-corrected chi connectivity index (χ1v) is 37.2. The third-order valence-corrected chi connectivity index (χ3v) is 33.1. The number of nitrogens with zero attached hydrogens (tertiary/aromatic N) is 1. The summed E-state index contributed by atoms with van der Waals surface area (Å²) in [7, 11) is 0. The van der Waals surface area contributed by atoms with Crippen LogP contribution in [0, 0.1) is 140 Å². The second-order valence-electron chi connectivity index (χ2n) is 35.1. The Kier molecular flexibility index (Phi) is 11.4. The predicted molar refractivity (Wildman–Crippen MR) is 336 cm³/mol. The van der Waals surface area contributed by atoms with E-state index in [2.05, 4.69) is 96.7 Å². The summed E-state index contributed by atoms with van der Waals surface area (Å²) in [5.41, 5.74) is -5.25. The quantitative estimate of drug-likeness (QED) is 0.0891. The third-order valence-electron chi connectivity index (χ3n) is 33.1. The first-order chi connectivity index (χ1) is 44.7. The van der Waals surface area contributed by atoms with Crippen LogP contribution < -0.4 is 5.32 Å². The van der Waals surface area contributed by atoms with Crippen molar-refractivity contribution in [1.29, 1.82) is 0 Å². The number of ether oxygens (including phenoxy) is 4. The minimum Gasteiger partial charge on any atom is -0.469 e. The lowest BCUT2D eigenvalue weighted by molar-refractivity contribution is -0.320. The van der Waals surface area contributed by atoms with Gasteiger partial charge in [-0.3, -0.25) is 14.9 Å². The van der Waals surface area contributed by atoms with Gasteiger partial charge in [-0.05, 0) is 215 Å². The molecule has 7 aliphatic heterocycles. The molecular formula is C79H94N2O11. The summed E-state index contributed by atoms with van der Waals surface area (Å²) in [5.74, 6) is 7.28. The van der Waals surface area contributed by atoms with E-state index in [9.17, 15) is 10.2 Å². The molecule has 2 aromatic rings. The molecule has 13 nitrogen and oxygen atoms in total. The van der Waals surface area contributed by atoms with Gasteiger partial charge < -0.3 is 43.6 Å². The lowest BCUT2D eigenvalue weighted by Crippen LogP contribution is -2.84. The molecule has 19 aliphatic rings. The number of aliphatic hydroxyl groups excluding tert-OH is 3. The number of hydrogen-bond acceptors (Lipinski definition) is 13. The monoisotopic (exact) mass is 1250 g/mol. The molecule has 5 saturated heterocycles. The van der Waals surface area contributed by atoms with E-state index in [0.717, 1.165) is 108 Å². The van der Waals surface area contributed by atoms with Crippen LogP contribution in [0.4, 0.5) is 0 Å². The highest BCUT2D eigenvalue weighted by Gasteiger charge is 3.01. The highest BCUT2D eigenvalue weighted by molar-refractivity contribution is 5.94. The zero-order valence-corrected chi connectivity index (χ0v) is 53.9. The van der Waals surface area contributed by atoms with Gasteiger partial charge in [0.2, 0.25) is 0 Å². The van der Waals surface area contributed by atoms with E-state index in [1.54, 1.807) is 0 Å². The average molecular weight is 1250 g/mol. The van der Waals surface area contributed by atoms with Gasteiger partial charge in [-0.15, -0.1) is 0 Å². The molecule has 1 aromatic carbocycles. The number of rotatable bonds is 7. The van der Waals surface area contributed by atoms with Crippen molar-refractivity contribution in [1.82, 2.24) is 10.2 Å². The number of cyclic esters (lactones) is 1. The Hall–Kier alpha value is -4.55. The second kappa shape index (κ2) is 18.6. The summed E-state index contributed by atoms with van der Waals surface area (Å²) in [6.45, 7) is 6.36. The van der Waals surface area contributed by atoms with Gasteiger partial charge >= 0.3 is 11.9 Å². The van der Waals surface area contributed by atoms with E-state index < -0.39 is 97.9 Å². The Morgan fingerprint density at radius 1 is 0.902 bits per heavy atom. The van der Waals surface area contributed by atoms with E-state index in [4.69, 9.17) is 23.4 Å². The zero-order chi connectivity index (χ0) is 61.6. The molecule has 0 radical (unpaired) electrons. The molecule has 486 valence electrons. The predicted octanol–water partition coefficient (Wildman–Crippen LogP) is 10.1. The van der Waals surface area contributed by atoms with Crippen LogP contribution in [0.1, 0.15) is 158 Å². The number of ketones is 1. The van der Waals surface area contributed by atoms with Gasteiger partial charge in [0.25, 0.3) is 0 Å². The normalized spacial score (nSPS) is 54.4. The van der Waals surface area contributed by atoms with Crippen LogP contribution in [0.5, 0.6) is 0 Å². The highest BCUT2D eigenvalue weighted by atomic mass is 16.7. The van der Waals surface area contributed by atoms with Crippen molar-refractivity contribution in [3.8, 4) is 11.8 Å². The molecule has 8 spiro atoms. The molecule has 1 aromatic heterocycles. The number of aryl methyl sites for hydroxylation is 1. The van der Waals surface area contributed by atoms with Gasteiger partial charge in [-0.25, -0.2) is 4.79 Å². The number of allylic oxidation sites excluding steroid dienone is 2. The average Bonchev–Trinajstić information content (AvgIpc) is 1.40. The van der Waals surface area contributed by atoms with Crippen molar-refractivity contribution in [3.05, 3.63) is 95.1 Å². The van der Waals surface area contributed by atoms with Crippen molar-refractivity contribution >= 4 is 17.7 Å². The molecule has 9 bridgehead atoms. The Balaban J connectivity index is 0.799. The number of carbonyl (C=O) groups is 3. The molecule has 12 aliphatic carbocycles. The maximum Gasteiger partial charge on any atom is 0.339 e. The van der Waals surface area contributed by atoms with Crippen LogP contribution in [0.2, 0.25) is 0 Å². The van der Waals surface area contributed by atoms with Crippen molar-refractivity contribution < 1.29 is 53.1 Å². The van der Waals surface area contributed by atoms with Gasteiger partial charge in [0.1, 0.15) is 29.7 Å². The number of furan rings is 1. The summed E-state index contributed by atoms with van der Waals surface area (Å²) < 4.78 is 38.7. The Labute approximate surface area is 541 Å². The molecular weight excluding hydrogens is 1150 g/mol. The van der Waals surface area contributed by atoms with Gasteiger partial charge in [0.05, 0.1) is 54.4 Å². The van der Waals surface area contributed by atoms with Gasteiger partial charge in [0.15, 0.2) is 17.5 Å². The number of esters is 2. The number of aliphatic hydroxyl groups is 3. The fourth-order valence-electron chi connectivity index (χ4n) is 30.5. The Bertz CT molecular complexity index is 3710. The smallest absolute Gasteiger partial charge is 0.339 e. The first kappa shape index (κ1) is 56.6. The van der Waals surface area contributed by atoms with E-state index in [0.29, 0.717) is 79.9 Å². The second-order valence-corrected chi connectivity index (χ2v) is 35.1. The van der Waals surface area contributed by atoms with Crippen molar-refractivity contribution in [2.75, 3.05) is 26.4 Å². The van der Waals surface area contributed by atoms with E-state index >= 15 is 19.5 Å². The fraction of sp³-hybridized carbons (Fsp3) is 0.734. The van der Waals surface area contributed by atoms with Gasteiger partial charge in [-0.1, -0.05) is 99.6 Å². The maximum absolute atomic E-state index is 18.1. The molecule has 13 heteroatoms. The highest BCUT2D eigenvalue weighted by Crippen LogP contribution is 2.92. The summed E-state index contributed by atoms with van der Waals surface area (Å²) in [6, 6.07) is 11.3. The molecule has 0 amide bonds. The number of benzene rings is 1. The first-order valence-electron chi connectivity index (χ1n) is 37.2. The molecule has 9 saturated carbocycles. The SMILES string of the molecule is C[C@@H]1[C@@H]2CCC[C@H]2CC[C@]12C=CC[C@]13O[C@]45C(=C[C@@H]21)C[C@H]1CCC[C@]12C[C@@H]1C[C@]6(C)[C@]78O[C@@H]7C(=O)O[C@@]67c6c(coc6C[C@@H]([C@@H]6CC[C@H]9[C@H](C=CN%10CNC[C@H]9%10)C6)[C@H](O)CO)CC[C@H]7C#C[C@@H]6CC[C@@H](Cc7ccccc7)C[C@H]6[C@]86[C@H](O)C(=O)[C@H]3[C@@]4(COC(=O)[C@@H]25)[C@@H]16. The molecule has 30 atom stereocenters. The molecule has 92 heavy (non-hydrogen) atoms. The summed E-state index contributed by atoms with van der Waals surface area (Å²) >= 11 is 0. The minimum atomic E-state index is -1.57. The van der Waals surface area contributed by atoms with Crippen molar-refractivity contribution in [3.63, 3.8) is 0 Å². The van der Waals surface area contributed by atoms with Crippen LogP contribution in [-0.2, 0) is 58.2 Å². The van der Waals surface area contributed by atoms with Crippen LogP contribution in [0.25, 0.3) is 0 Å². The molecule has 8 heterocycles. The van der Waals surface area contributed by atoms with E-state index in [-0.39, 0.29) is 71.8 Å². The summed E-state index contributed by atoms with van der Waals surface area (Å²) in [5, 5.41) is 42.4. The summed E-state index contributed by atoms with van der Waals surface area (Å²) in [4.78, 5) is 53.2. The molecule has 21 rings (SSSR count). The van der Waals surface area contributed by atoms with Gasteiger partial charge in [-0.2, -0.15) is 0 Å². The van der Waals surface area contributed by atoms with Crippen LogP contribution >= 0.6 is 0 Å².